The minimum atomic E-state index is 0.684. The molecule has 2 N–H and O–H groups in total. The summed E-state index contributed by atoms with van der Waals surface area (Å²) in [5.41, 5.74) is 9.40. The minimum Gasteiger partial charge on any atom is -0.398 e. The molecule has 0 fully saturated rings. The molecule has 1 aliphatic rings. The van der Waals surface area contributed by atoms with Gasteiger partial charge in [0, 0.05) is 24.3 Å². The highest BCUT2D eigenvalue weighted by atomic mass is 16.5. The molecule has 3 rings (SSSR count). The summed E-state index contributed by atoms with van der Waals surface area (Å²) in [4.78, 5) is 6.73. The Bertz CT molecular complexity index is 593. The van der Waals surface area contributed by atoms with Crippen LogP contribution in [0.3, 0.4) is 0 Å². The number of nitrogen functional groups attached to an aromatic ring is 1. The van der Waals surface area contributed by atoms with Crippen LogP contribution in [0.5, 0.6) is 0 Å². The second-order valence-corrected chi connectivity index (χ2v) is 5.22. The number of nitrogens with zero attached hydrogens (tertiary/aromatic N) is 3. The second kappa shape index (κ2) is 5.53. The first kappa shape index (κ1) is 13.0. The molecule has 5 nitrogen and oxygen atoms in total. The van der Waals surface area contributed by atoms with E-state index in [1.165, 1.54) is 11.3 Å². The predicted octanol–water partition coefficient (Wildman–Crippen LogP) is 2.56. The van der Waals surface area contributed by atoms with E-state index in [2.05, 4.69) is 28.0 Å². The van der Waals surface area contributed by atoms with Gasteiger partial charge in [0.2, 0.25) is 5.89 Å². The fraction of sp³-hybridized carbons (Fsp3) is 0.467. The van der Waals surface area contributed by atoms with E-state index in [0.717, 1.165) is 49.6 Å². The SMILES string of the molecule is CCCc1nc(CN2CCCc3c(N)cccc32)no1. The van der Waals surface area contributed by atoms with Crippen LogP contribution in [0.2, 0.25) is 0 Å². The van der Waals surface area contributed by atoms with Crippen LogP contribution in [0, 0.1) is 0 Å². The van der Waals surface area contributed by atoms with Crippen molar-refractivity contribution in [1.82, 2.24) is 10.1 Å². The maximum atomic E-state index is 6.06. The average Bonchev–Trinajstić information content (AvgIpc) is 2.88. The molecule has 106 valence electrons. The lowest BCUT2D eigenvalue weighted by Crippen LogP contribution is -2.29. The fourth-order valence-corrected chi connectivity index (χ4v) is 2.73. The van der Waals surface area contributed by atoms with Crippen LogP contribution in [-0.4, -0.2) is 16.7 Å². The van der Waals surface area contributed by atoms with Crippen LogP contribution in [-0.2, 0) is 19.4 Å². The summed E-state index contributed by atoms with van der Waals surface area (Å²) in [7, 11) is 0. The van der Waals surface area contributed by atoms with Crippen molar-refractivity contribution in [2.45, 2.75) is 39.2 Å². The number of nitrogens with two attached hydrogens (primary N) is 1. The van der Waals surface area contributed by atoms with Gasteiger partial charge in [0.15, 0.2) is 5.82 Å². The highest BCUT2D eigenvalue weighted by molar-refractivity contribution is 5.66. The summed E-state index contributed by atoms with van der Waals surface area (Å²) in [5.74, 6) is 1.48. The van der Waals surface area contributed by atoms with E-state index in [9.17, 15) is 0 Å². The van der Waals surface area contributed by atoms with Gasteiger partial charge in [-0.25, -0.2) is 0 Å². The van der Waals surface area contributed by atoms with Crippen molar-refractivity contribution in [2.75, 3.05) is 17.2 Å². The summed E-state index contributed by atoms with van der Waals surface area (Å²) in [6, 6.07) is 6.10. The summed E-state index contributed by atoms with van der Waals surface area (Å²) in [6.07, 6.45) is 4.02. The number of hydrogen-bond acceptors (Lipinski definition) is 5. The molecule has 2 heterocycles. The van der Waals surface area contributed by atoms with Gasteiger partial charge in [-0.1, -0.05) is 18.1 Å². The molecule has 1 aliphatic heterocycles. The molecule has 1 aromatic carbocycles. The fourth-order valence-electron chi connectivity index (χ4n) is 2.73. The monoisotopic (exact) mass is 272 g/mol. The number of fused-ring (bicyclic) bond motifs is 1. The maximum Gasteiger partial charge on any atom is 0.226 e. The highest BCUT2D eigenvalue weighted by Gasteiger charge is 2.20. The van der Waals surface area contributed by atoms with Gasteiger partial charge in [-0.15, -0.1) is 0 Å². The van der Waals surface area contributed by atoms with E-state index >= 15 is 0 Å². The quantitative estimate of drug-likeness (QED) is 0.866. The van der Waals surface area contributed by atoms with E-state index < -0.39 is 0 Å². The molecule has 1 aromatic heterocycles. The Morgan fingerprint density at radius 3 is 3.15 bits per heavy atom. The Labute approximate surface area is 118 Å². The van der Waals surface area contributed by atoms with E-state index in [0.29, 0.717) is 6.54 Å². The largest absolute Gasteiger partial charge is 0.398 e. The molecule has 5 heteroatoms. The van der Waals surface area contributed by atoms with Gasteiger partial charge in [-0.05, 0) is 37.0 Å². The Kier molecular flexibility index (Phi) is 3.58. The molecule has 0 bridgehead atoms. The van der Waals surface area contributed by atoms with Crippen molar-refractivity contribution in [3.05, 3.63) is 35.5 Å². The van der Waals surface area contributed by atoms with Gasteiger partial charge in [0.25, 0.3) is 0 Å². The van der Waals surface area contributed by atoms with E-state index in [4.69, 9.17) is 10.3 Å². The van der Waals surface area contributed by atoms with Gasteiger partial charge in [-0.2, -0.15) is 4.98 Å². The summed E-state index contributed by atoms with van der Waals surface area (Å²) in [6.45, 7) is 3.80. The molecule has 2 aromatic rings. The Morgan fingerprint density at radius 1 is 1.40 bits per heavy atom. The van der Waals surface area contributed by atoms with Crippen LogP contribution in [0.15, 0.2) is 22.7 Å². The highest BCUT2D eigenvalue weighted by Crippen LogP contribution is 2.31. The zero-order valence-electron chi connectivity index (χ0n) is 11.8. The van der Waals surface area contributed by atoms with Crippen molar-refractivity contribution in [1.29, 1.82) is 0 Å². The zero-order chi connectivity index (χ0) is 13.9. The van der Waals surface area contributed by atoms with Crippen LogP contribution >= 0.6 is 0 Å². The van der Waals surface area contributed by atoms with Crippen LogP contribution in [0.1, 0.15) is 37.0 Å². The predicted molar refractivity (Wildman–Crippen MR) is 78.5 cm³/mol. The van der Waals surface area contributed by atoms with Gasteiger partial charge in [-0.3, -0.25) is 0 Å². The standard InChI is InChI=1S/C15H20N4O/c1-2-5-15-17-14(18-20-15)10-19-9-4-6-11-12(16)7-3-8-13(11)19/h3,7-8H,2,4-6,9-10,16H2,1H3. The molecule has 0 amide bonds. The molecule has 0 spiro atoms. The number of aryl methyl sites for hydroxylation is 1. The maximum absolute atomic E-state index is 6.06. The number of benzene rings is 1. The molecule has 0 saturated carbocycles. The van der Waals surface area contributed by atoms with Gasteiger partial charge >= 0.3 is 0 Å². The third-order valence-electron chi connectivity index (χ3n) is 3.69. The van der Waals surface area contributed by atoms with Gasteiger partial charge < -0.3 is 15.2 Å². The second-order valence-electron chi connectivity index (χ2n) is 5.22. The first-order valence-corrected chi connectivity index (χ1v) is 7.21. The molecule has 0 aliphatic carbocycles. The van der Waals surface area contributed by atoms with Crippen molar-refractivity contribution >= 4 is 11.4 Å². The average molecular weight is 272 g/mol. The van der Waals surface area contributed by atoms with Crippen LogP contribution < -0.4 is 10.6 Å². The normalized spacial score (nSPS) is 14.3. The Hall–Kier alpha value is -2.04. The molecule has 0 saturated heterocycles. The lowest BCUT2D eigenvalue weighted by atomic mass is 10.00. The first-order chi connectivity index (χ1) is 9.78. The van der Waals surface area contributed by atoms with Crippen molar-refractivity contribution in [3.63, 3.8) is 0 Å². The summed E-state index contributed by atoms with van der Waals surface area (Å²) in [5, 5.41) is 4.07. The van der Waals surface area contributed by atoms with E-state index in [-0.39, 0.29) is 0 Å². The number of anilines is 2. The minimum absolute atomic E-state index is 0.684. The lowest BCUT2D eigenvalue weighted by molar-refractivity contribution is 0.371. The smallest absolute Gasteiger partial charge is 0.226 e. The summed E-state index contributed by atoms with van der Waals surface area (Å²) >= 11 is 0. The number of rotatable bonds is 4. The third-order valence-corrected chi connectivity index (χ3v) is 3.69. The molecule has 20 heavy (non-hydrogen) atoms. The van der Waals surface area contributed by atoms with Crippen molar-refractivity contribution in [2.24, 2.45) is 0 Å². The van der Waals surface area contributed by atoms with E-state index in [1.54, 1.807) is 0 Å². The lowest BCUT2D eigenvalue weighted by Gasteiger charge is -2.30. The van der Waals surface area contributed by atoms with Crippen molar-refractivity contribution in [3.8, 4) is 0 Å². The van der Waals surface area contributed by atoms with E-state index in [1.807, 2.05) is 12.1 Å². The van der Waals surface area contributed by atoms with Gasteiger partial charge in [0.1, 0.15) is 0 Å². The number of hydrogen-bond donors (Lipinski definition) is 1. The van der Waals surface area contributed by atoms with Gasteiger partial charge in [0.05, 0.1) is 6.54 Å². The molecule has 0 unspecified atom stereocenters. The third kappa shape index (κ3) is 2.48. The number of aromatic nitrogens is 2. The zero-order valence-corrected chi connectivity index (χ0v) is 11.8. The Balaban J connectivity index is 1.80. The molecule has 0 radical (unpaired) electrons. The summed E-state index contributed by atoms with van der Waals surface area (Å²) < 4.78 is 5.25. The van der Waals surface area contributed by atoms with Crippen molar-refractivity contribution < 1.29 is 4.52 Å². The first-order valence-electron chi connectivity index (χ1n) is 7.21. The molecular weight excluding hydrogens is 252 g/mol. The van der Waals surface area contributed by atoms with Crippen LogP contribution in [0.4, 0.5) is 11.4 Å². The molecular formula is C15H20N4O. The molecule has 0 atom stereocenters. The Morgan fingerprint density at radius 2 is 2.30 bits per heavy atom. The topological polar surface area (TPSA) is 68.2 Å². The van der Waals surface area contributed by atoms with Crippen LogP contribution in [0.25, 0.3) is 0 Å².